The predicted molar refractivity (Wildman–Crippen MR) is 120 cm³/mol. The zero-order valence-corrected chi connectivity index (χ0v) is 18.9. The molecule has 8 nitrogen and oxygen atoms in total. The highest BCUT2D eigenvalue weighted by molar-refractivity contribution is 6.31. The van der Waals surface area contributed by atoms with Gasteiger partial charge < -0.3 is 15.2 Å². The monoisotopic (exact) mass is 453 g/mol. The highest BCUT2D eigenvalue weighted by Crippen LogP contribution is 2.31. The molecular weight excluding hydrogens is 430 g/mol. The molecule has 0 saturated heterocycles. The van der Waals surface area contributed by atoms with Gasteiger partial charge >= 0.3 is 0 Å². The summed E-state index contributed by atoms with van der Waals surface area (Å²) in [6.45, 7) is 6.00. The average Bonchev–Trinajstić information content (AvgIpc) is 3.48. The van der Waals surface area contributed by atoms with Gasteiger partial charge in [-0.15, -0.1) is 0 Å². The quantitative estimate of drug-likeness (QED) is 0.573. The molecule has 32 heavy (non-hydrogen) atoms. The summed E-state index contributed by atoms with van der Waals surface area (Å²) in [5, 5.41) is 9.86. The van der Waals surface area contributed by atoms with Gasteiger partial charge in [0.15, 0.2) is 0 Å². The molecular formula is C23H24ClN5O3. The largest absolute Gasteiger partial charge is 0.345 e. The van der Waals surface area contributed by atoms with Crippen molar-refractivity contribution in [1.29, 1.82) is 0 Å². The van der Waals surface area contributed by atoms with Gasteiger partial charge in [0.25, 0.3) is 11.7 Å². The summed E-state index contributed by atoms with van der Waals surface area (Å²) in [5.41, 5.74) is 2.17. The lowest BCUT2D eigenvalue weighted by Crippen LogP contribution is -2.24. The van der Waals surface area contributed by atoms with Crippen LogP contribution in [0.15, 0.2) is 41.1 Å². The Bertz CT molecular complexity index is 1160. The zero-order valence-electron chi connectivity index (χ0n) is 18.1. The minimum absolute atomic E-state index is 0.00925. The number of benzene rings is 1. The second-order valence-electron chi connectivity index (χ2n) is 8.86. The fraction of sp³-hybridized carbons (Fsp3) is 0.348. The van der Waals surface area contributed by atoms with Gasteiger partial charge in [-0.2, -0.15) is 4.98 Å². The number of nitrogens with one attached hydrogen (secondary N) is 2. The fourth-order valence-electron chi connectivity index (χ4n) is 3.00. The van der Waals surface area contributed by atoms with Gasteiger partial charge in [0.1, 0.15) is 5.82 Å². The minimum atomic E-state index is -0.436. The number of aromatic nitrogens is 3. The molecule has 4 rings (SSSR count). The Morgan fingerprint density at radius 1 is 1.16 bits per heavy atom. The maximum absolute atomic E-state index is 12.4. The molecule has 2 heterocycles. The van der Waals surface area contributed by atoms with E-state index >= 15 is 0 Å². The van der Waals surface area contributed by atoms with Crippen LogP contribution in [-0.4, -0.2) is 26.9 Å². The van der Waals surface area contributed by atoms with Crippen molar-refractivity contribution in [2.24, 2.45) is 5.92 Å². The van der Waals surface area contributed by atoms with Gasteiger partial charge in [0.2, 0.25) is 11.8 Å². The van der Waals surface area contributed by atoms with Crippen LogP contribution in [-0.2, 0) is 16.8 Å². The van der Waals surface area contributed by atoms with Crippen molar-refractivity contribution in [2.45, 2.75) is 45.6 Å². The number of halogens is 1. The number of carbonyl (C=O) groups is 2. The van der Waals surface area contributed by atoms with E-state index in [1.165, 1.54) is 0 Å². The second kappa shape index (κ2) is 8.70. The van der Waals surface area contributed by atoms with Gasteiger partial charge in [-0.05, 0) is 47.7 Å². The van der Waals surface area contributed by atoms with E-state index in [1.54, 1.807) is 6.20 Å². The van der Waals surface area contributed by atoms with Crippen molar-refractivity contribution >= 4 is 29.2 Å². The van der Waals surface area contributed by atoms with Crippen LogP contribution < -0.4 is 10.6 Å². The third-order valence-electron chi connectivity index (χ3n) is 5.06. The Labute approximate surface area is 190 Å². The second-order valence-corrected chi connectivity index (χ2v) is 9.26. The van der Waals surface area contributed by atoms with E-state index in [9.17, 15) is 9.59 Å². The SMILES string of the molecule is CC(C)(C)c1nc(C(=O)NCc2ccc(-c3ccnc(NC(=O)C4CC4)c3)cc2Cl)no1. The molecule has 1 fully saturated rings. The lowest BCUT2D eigenvalue weighted by Gasteiger charge is -2.10. The summed E-state index contributed by atoms with van der Waals surface area (Å²) in [7, 11) is 0. The van der Waals surface area contributed by atoms with Gasteiger partial charge in [-0.1, -0.05) is 49.7 Å². The zero-order chi connectivity index (χ0) is 22.9. The number of pyridine rings is 1. The number of anilines is 1. The molecule has 3 aromatic rings. The van der Waals surface area contributed by atoms with Crippen molar-refractivity contribution in [1.82, 2.24) is 20.4 Å². The molecule has 1 aliphatic rings. The van der Waals surface area contributed by atoms with Crippen LogP contribution in [0.4, 0.5) is 5.82 Å². The Morgan fingerprint density at radius 2 is 1.91 bits per heavy atom. The lowest BCUT2D eigenvalue weighted by molar-refractivity contribution is -0.117. The fourth-order valence-corrected chi connectivity index (χ4v) is 3.24. The van der Waals surface area contributed by atoms with E-state index in [2.05, 4.69) is 25.8 Å². The third-order valence-corrected chi connectivity index (χ3v) is 5.41. The molecule has 166 valence electrons. The molecule has 0 spiro atoms. The first-order valence-corrected chi connectivity index (χ1v) is 10.8. The van der Waals surface area contributed by atoms with E-state index in [-0.39, 0.29) is 29.6 Å². The van der Waals surface area contributed by atoms with Gasteiger partial charge in [-0.25, -0.2) is 4.98 Å². The maximum atomic E-state index is 12.4. The highest BCUT2D eigenvalue weighted by atomic mass is 35.5. The van der Waals surface area contributed by atoms with E-state index in [1.807, 2.05) is 51.1 Å². The standard InChI is InChI=1S/C23H24ClN5O3/c1-23(2,3)22-28-19(29-32-22)21(31)26-12-16-7-6-14(10-17(16)24)15-8-9-25-18(11-15)27-20(30)13-4-5-13/h6-11,13H,4-5,12H2,1-3H3,(H,26,31)(H,25,27,30). The van der Waals surface area contributed by atoms with Crippen LogP contribution in [0, 0.1) is 5.92 Å². The van der Waals surface area contributed by atoms with Crippen LogP contribution in [0.5, 0.6) is 0 Å². The smallest absolute Gasteiger partial charge is 0.292 e. The molecule has 2 amide bonds. The summed E-state index contributed by atoms with van der Waals surface area (Å²) >= 11 is 6.46. The number of amides is 2. The Morgan fingerprint density at radius 3 is 2.56 bits per heavy atom. The van der Waals surface area contributed by atoms with Crippen LogP contribution in [0.3, 0.4) is 0 Å². The number of hydrogen-bond donors (Lipinski definition) is 2. The molecule has 1 aromatic carbocycles. The summed E-state index contributed by atoms with van der Waals surface area (Å²) in [6, 6.07) is 9.23. The topological polar surface area (TPSA) is 110 Å². The number of hydrogen-bond acceptors (Lipinski definition) is 6. The molecule has 0 atom stereocenters. The molecule has 1 saturated carbocycles. The van der Waals surface area contributed by atoms with Gasteiger partial charge in [-0.3, -0.25) is 9.59 Å². The first-order chi connectivity index (χ1) is 15.2. The first kappa shape index (κ1) is 22.0. The minimum Gasteiger partial charge on any atom is -0.345 e. The normalized spacial score (nSPS) is 13.6. The summed E-state index contributed by atoms with van der Waals surface area (Å²) in [6.07, 6.45) is 3.52. The van der Waals surface area contributed by atoms with Crippen molar-refractivity contribution in [3.05, 3.63) is 58.8 Å². The van der Waals surface area contributed by atoms with Crippen LogP contribution >= 0.6 is 11.6 Å². The third kappa shape index (κ3) is 5.13. The van der Waals surface area contributed by atoms with Crippen molar-refractivity contribution in [3.63, 3.8) is 0 Å². The Kier molecular flexibility index (Phi) is 5.97. The maximum Gasteiger partial charge on any atom is 0.292 e. The van der Waals surface area contributed by atoms with Crippen LogP contribution in [0.2, 0.25) is 5.02 Å². The molecule has 0 bridgehead atoms. The van der Waals surface area contributed by atoms with Crippen LogP contribution in [0.25, 0.3) is 11.1 Å². The summed E-state index contributed by atoms with van der Waals surface area (Å²) in [5.74, 6) is 0.582. The van der Waals surface area contributed by atoms with E-state index in [0.717, 1.165) is 29.5 Å². The average molecular weight is 454 g/mol. The van der Waals surface area contributed by atoms with Crippen molar-refractivity contribution in [3.8, 4) is 11.1 Å². The number of rotatable bonds is 6. The number of nitrogens with zero attached hydrogens (tertiary/aromatic N) is 3. The molecule has 2 N–H and O–H groups in total. The molecule has 9 heteroatoms. The Balaban J connectivity index is 1.41. The summed E-state index contributed by atoms with van der Waals surface area (Å²) < 4.78 is 5.16. The van der Waals surface area contributed by atoms with E-state index < -0.39 is 5.91 Å². The van der Waals surface area contributed by atoms with Crippen molar-refractivity contribution in [2.75, 3.05) is 5.32 Å². The molecule has 1 aliphatic carbocycles. The first-order valence-electron chi connectivity index (χ1n) is 10.4. The summed E-state index contributed by atoms with van der Waals surface area (Å²) in [4.78, 5) is 32.7. The number of carbonyl (C=O) groups excluding carboxylic acids is 2. The molecule has 0 unspecified atom stereocenters. The highest BCUT2D eigenvalue weighted by Gasteiger charge is 2.29. The van der Waals surface area contributed by atoms with Gasteiger partial charge in [0.05, 0.1) is 0 Å². The Hall–Kier alpha value is -3.26. The molecule has 2 aromatic heterocycles. The molecule has 0 aliphatic heterocycles. The lowest BCUT2D eigenvalue weighted by atomic mass is 9.97. The van der Waals surface area contributed by atoms with Gasteiger partial charge in [0, 0.05) is 29.1 Å². The molecule has 0 radical (unpaired) electrons. The van der Waals surface area contributed by atoms with Crippen molar-refractivity contribution < 1.29 is 14.1 Å². The van der Waals surface area contributed by atoms with E-state index in [4.69, 9.17) is 16.1 Å². The van der Waals surface area contributed by atoms with E-state index in [0.29, 0.717) is 16.7 Å². The van der Waals surface area contributed by atoms with Crippen LogP contribution in [0.1, 0.15) is 55.7 Å². The predicted octanol–water partition coefficient (Wildman–Crippen LogP) is 4.36.